The quantitative estimate of drug-likeness (QED) is 0.143. The summed E-state index contributed by atoms with van der Waals surface area (Å²) in [7, 11) is -1.06. The Balaban J connectivity index is 0.000000191. The summed E-state index contributed by atoms with van der Waals surface area (Å²) in [6, 6.07) is 43.3. The van der Waals surface area contributed by atoms with E-state index in [1.54, 1.807) is 0 Å². The van der Waals surface area contributed by atoms with E-state index in [-0.39, 0.29) is 28.5 Å². The van der Waals surface area contributed by atoms with Crippen LogP contribution in [-0.2, 0) is 21.8 Å². The fraction of sp³-hybridized carbons (Fsp3) is 0.146. The third kappa shape index (κ3) is 8.60. The van der Waals surface area contributed by atoms with Crippen molar-refractivity contribution in [3.63, 3.8) is 0 Å². The maximum absolute atomic E-state index is 6.06. The van der Waals surface area contributed by atoms with Crippen LogP contribution in [-0.4, -0.2) is 18.5 Å². The molecule has 46 heavy (non-hydrogen) atoms. The zero-order chi connectivity index (χ0) is 31.1. The zero-order valence-corrected chi connectivity index (χ0v) is 29.4. The van der Waals surface area contributed by atoms with Crippen molar-refractivity contribution >= 4 is 43.0 Å². The first-order chi connectivity index (χ1) is 22.0. The maximum Gasteiger partial charge on any atom is 2.00 e. The van der Waals surface area contributed by atoms with E-state index in [1.165, 1.54) is 32.5 Å². The Morgan fingerprint density at radius 3 is 1.41 bits per heavy atom. The molecular formula is C41H39FeNOP2+2. The fourth-order valence-electron chi connectivity index (χ4n) is 5.45. The second-order valence-corrected chi connectivity index (χ2v) is 16.5. The minimum absolute atomic E-state index is 0. The molecule has 1 aliphatic heterocycles. The summed E-state index contributed by atoms with van der Waals surface area (Å²) in [5.41, 5.74) is 2.84. The minimum Gasteiger partial charge on any atom is -0.478 e. The van der Waals surface area contributed by atoms with Gasteiger partial charge >= 0.3 is 17.1 Å². The van der Waals surface area contributed by atoms with Crippen LogP contribution < -0.4 is 21.2 Å². The van der Waals surface area contributed by atoms with E-state index < -0.39 is 15.8 Å². The molecule has 0 N–H and O–H groups in total. The first kappa shape index (κ1) is 35.0. The zero-order valence-electron chi connectivity index (χ0n) is 26.5. The molecule has 0 saturated heterocycles. The number of benzene rings is 4. The molecule has 2 aliphatic carbocycles. The predicted octanol–water partition coefficient (Wildman–Crippen LogP) is 8.18. The van der Waals surface area contributed by atoms with Gasteiger partial charge in [0.15, 0.2) is 5.90 Å². The van der Waals surface area contributed by atoms with E-state index in [2.05, 4.69) is 187 Å². The summed E-state index contributed by atoms with van der Waals surface area (Å²) in [6.07, 6.45) is 15.2. The molecule has 2 fully saturated rings. The van der Waals surface area contributed by atoms with Crippen LogP contribution in [0.3, 0.4) is 0 Å². The Labute approximate surface area is 290 Å². The van der Waals surface area contributed by atoms with Gasteiger partial charge in [0.1, 0.15) is 6.61 Å². The Hall–Kier alpha value is -2.27. The number of nitrogens with zero attached hydrogens (tertiary/aromatic N) is 1. The molecular weight excluding hydrogens is 640 g/mol. The number of ether oxygens (including phenoxy) is 1. The second kappa shape index (κ2) is 16.7. The average Bonchev–Trinajstić information content (AvgIpc) is 3.87. The molecule has 0 aromatic heterocycles. The predicted molar refractivity (Wildman–Crippen MR) is 195 cm³/mol. The van der Waals surface area contributed by atoms with Crippen LogP contribution >= 0.6 is 15.8 Å². The van der Waals surface area contributed by atoms with E-state index in [1.807, 2.05) is 0 Å². The number of hydrogen-bond donors (Lipinski definition) is 0. The number of rotatable bonds is 7. The van der Waals surface area contributed by atoms with Gasteiger partial charge in [0.05, 0.1) is 12.0 Å². The third-order valence-corrected chi connectivity index (χ3v) is 12.8. The van der Waals surface area contributed by atoms with E-state index in [0.29, 0.717) is 6.61 Å². The fourth-order valence-corrected chi connectivity index (χ4v) is 10.2. The first-order valence-electron chi connectivity index (χ1n) is 15.5. The van der Waals surface area contributed by atoms with Crippen molar-refractivity contribution in [3.8, 4) is 0 Å². The molecule has 2 nitrogen and oxygen atoms in total. The summed E-state index contributed by atoms with van der Waals surface area (Å²) < 4.78 is 6.06. The van der Waals surface area contributed by atoms with Crippen LogP contribution in [0.25, 0.3) is 0 Å². The van der Waals surface area contributed by atoms with Gasteiger partial charge in [0, 0.05) is 11.3 Å². The van der Waals surface area contributed by atoms with Gasteiger partial charge in [-0.3, -0.25) is 0 Å². The monoisotopic (exact) mass is 679 g/mol. The topological polar surface area (TPSA) is 21.6 Å². The summed E-state index contributed by atoms with van der Waals surface area (Å²) in [5.74, 6) is 1.94. The van der Waals surface area contributed by atoms with E-state index in [9.17, 15) is 0 Å². The van der Waals surface area contributed by atoms with Crippen molar-refractivity contribution in [2.45, 2.75) is 26.8 Å². The van der Waals surface area contributed by atoms with Gasteiger partial charge in [-0.15, -0.1) is 0 Å². The molecule has 4 aromatic carbocycles. The van der Waals surface area contributed by atoms with Gasteiger partial charge in [-0.1, -0.05) is 142 Å². The Bertz CT molecular complexity index is 1410. The minimum atomic E-state index is -0.649. The van der Waals surface area contributed by atoms with Crippen LogP contribution in [0, 0.1) is 67.6 Å². The largest absolute Gasteiger partial charge is 2.00 e. The van der Waals surface area contributed by atoms with Crippen LogP contribution in [0.1, 0.15) is 20.8 Å². The van der Waals surface area contributed by atoms with Crippen LogP contribution in [0.15, 0.2) is 126 Å². The maximum atomic E-state index is 6.06. The van der Waals surface area contributed by atoms with Gasteiger partial charge in [-0.2, -0.15) is 0 Å². The van der Waals surface area contributed by atoms with Gasteiger partial charge in [0.25, 0.3) is 0 Å². The molecule has 5 heteroatoms. The van der Waals surface area contributed by atoms with E-state index >= 15 is 0 Å². The molecule has 4 aromatic rings. The van der Waals surface area contributed by atoms with Gasteiger partial charge in [-0.25, -0.2) is 4.99 Å². The molecule has 7 rings (SSSR count). The summed E-state index contributed by atoms with van der Waals surface area (Å²) in [4.78, 5) is 4.94. The average molecular weight is 680 g/mol. The molecule has 1 atom stereocenters. The summed E-state index contributed by atoms with van der Waals surface area (Å²) in [6.45, 7) is 7.33. The number of hydrogen-bond acceptors (Lipinski definition) is 2. The molecule has 2 saturated carbocycles. The van der Waals surface area contributed by atoms with Crippen molar-refractivity contribution in [1.29, 1.82) is 0 Å². The smallest absolute Gasteiger partial charge is 0.478 e. The third-order valence-electron chi connectivity index (χ3n) is 7.88. The second-order valence-electron chi connectivity index (χ2n) is 12.1. The van der Waals surface area contributed by atoms with Gasteiger partial charge < -0.3 is 4.74 Å². The van der Waals surface area contributed by atoms with E-state index in [4.69, 9.17) is 9.73 Å². The van der Waals surface area contributed by atoms with E-state index in [0.717, 1.165) is 11.8 Å². The van der Waals surface area contributed by atoms with Crippen molar-refractivity contribution in [2.24, 2.45) is 10.4 Å². The van der Waals surface area contributed by atoms with Crippen LogP contribution in [0.2, 0.25) is 0 Å². The van der Waals surface area contributed by atoms with Gasteiger partial charge in [0.2, 0.25) is 0 Å². The van der Waals surface area contributed by atoms with Crippen LogP contribution in [0.5, 0.6) is 0 Å². The van der Waals surface area contributed by atoms with Crippen molar-refractivity contribution in [2.75, 3.05) is 6.61 Å². The molecule has 0 unspecified atom stereocenters. The summed E-state index contributed by atoms with van der Waals surface area (Å²) in [5, 5.41) is 5.50. The Kier molecular flexibility index (Phi) is 12.7. The SMILES string of the molecule is CC(C)(C)[C@H]1COC([C]2[CH][CH][CH][C]2P(c2ccccc2)c2ccccc2)=N1.[CH]1[CH][CH][C](P(c2ccccc2)c2ccccc2)[CH]1.[Fe+2]. The molecule has 0 spiro atoms. The number of aliphatic imine (C=N–C) groups is 1. The summed E-state index contributed by atoms with van der Waals surface area (Å²) >= 11 is 0. The first-order valence-corrected chi connectivity index (χ1v) is 18.2. The molecule has 3 aliphatic rings. The van der Waals surface area contributed by atoms with Gasteiger partial charge in [-0.05, 0) is 87.4 Å². The van der Waals surface area contributed by atoms with Crippen LogP contribution in [0.4, 0.5) is 0 Å². The van der Waals surface area contributed by atoms with Crippen molar-refractivity contribution in [3.05, 3.63) is 184 Å². The van der Waals surface area contributed by atoms with Crippen molar-refractivity contribution in [1.82, 2.24) is 0 Å². The Morgan fingerprint density at radius 1 is 0.565 bits per heavy atom. The molecule has 1 heterocycles. The molecule has 230 valence electrons. The Morgan fingerprint density at radius 2 is 1.00 bits per heavy atom. The molecule has 0 amide bonds. The normalized spacial score (nSPS) is 19.0. The standard InChI is InChI=1S/C24H25NOP.C17H14P.Fe/c1-24(2,3)22-17-26-23(25-22)20-15-10-16-21(20)27(18-11-6-4-7-12-18)19-13-8-5-9-14-19;1-3-9-15(10-4-1)18(17-13-7-8-14-17)16-11-5-2-6-12-16;/h4-16,22H,17H2,1-3H3;1-14H;/q;;+2/t22-;;/m1../s1. The molecule has 0 bridgehead atoms. The molecule has 10 radical (unpaired) electrons. The van der Waals surface area contributed by atoms with Crippen molar-refractivity contribution < 1.29 is 21.8 Å².